The molecule has 3 N–H and O–H groups in total. The van der Waals surface area contributed by atoms with E-state index in [0.29, 0.717) is 0 Å². The number of fused-ring (bicyclic) bond motifs is 1. The van der Waals surface area contributed by atoms with E-state index in [1.54, 1.807) is 17.0 Å². The van der Waals surface area contributed by atoms with E-state index in [9.17, 15) is 10.2 Å². The van der Waals surface area contributed by atoms with Crippen molar-refractivity contribution in [3.63, 3.8) is 0 Å². The molecule has 0 bridgehead atoms. The van der Waals surface area contributed by atoms with Gasteiger partial charge in [0, 0.05) is 12.0 Å². The van der Waals surface area contributed by atoms with Gasteiger partial charge in [-0.2, -0.15) is 0 Å². The molecule has 1 aliphatic heterocycles. The Morgan fingerprint density at radius 2 is 1.75 bits per heavy atom. The third-order valence-electron chi connectivity index (χ3n) is 4.11. The van der Waals surface area contributed by atoms with Crippen LogP contribution >= 0.6 is 0 Å². The van der Waals surface area contributed by atoms with Crippen LogP contribution in [-0.2, 0) is 13.0 Å². The first-order valence-corrected chi connectivity index (χ1v) is 6.12. The van der Waals surface area contributed by atoms with Gasteiger partial charge in [-0.15, -0.1) is 0 Å². The van der Waals surface area contributed by atoms with E-state index in [0.717, 1.165) is 19.0 Å². The van der Waals surface area contributed by atoms with Crippen LogP contribution in [0.3, 0.4) is 0 Å². The first kappa shape index (κ1) is 9.97. The summed E-state index contributed by atoms with van der Waals surface area (Å²) in [4.78, 5) is 1.66. The number of aromatic hydroxyl groups is 2. The normalized spacial score (nSPS) is 24.9. The standard InChI is InChI=1S/C13H17NO2/c15-12-6-9-4-5-14(11-2-1-3-11)8-10(9)7-13(12)16/h6-7,11,15-16H,1-5,8H2/p+1. The lowest BCUT2D eigenvalue weighted by molar-refractivity contribution is -0.946. The highest BCUT2D eigenvalue weighted by Crippen LogP contribution is 2.29. The van der Waals surface area contributed by atoms with Crippen molar-refractivity contribution >= 4 is 0 Å². The van der Waals surface area contributed by atoms with Gasteiger partial charge in [0.15, 0.2) is 11.5 Å². The lowest BCUT2D eigenvalue weighted by Crippen LogP contribution is -3.16. The molecule has 0 saturated heterocycles. The van der Waals surface area contributed by atoms with Crippen LogP contribution in [0.4, 0.5) is 0 Å². The average Bonchev–Trinajstić information content (AvgIpc) is 2.17. The molecule has 2 aliphatic rings. The molecule has 3 nitrogen and oxygen atoms in total. The Bertz CT molecular complexity index is 413. The zero-order chi connectivity index (χ0) is 11.1. The highest BCUT2D eigenvalue weighted by atomic mass is 16.3. The second-order valence-electron chi connectivity index (χ2n) is 5.07. The third kappa shape index (κ3) is 1.55. The lowest BCUT2D eigenvalue weighted by Gasteiger charge is -2.37. The van der Waals surface area contributed by atoms with Crippen molar-refractivity contribution in [2.24, 2.45) is 0 Å². The topological polar surface area (TPSA) is 44.9 Å². The Labute approximate surface area is 95.3 Å². The largest absolute Gasteiger partial charge is 0.504 e. The van der Waals surface area contributed by atoms with E-state index >= 15 is 0 Å². The summed E-state index contributed by atoms with van der Waals surface area (Å²) in [6.07, 6.45) is 5.11. The maximum Gasteiger partial charge on any atom is 0.157 e. The smallest absolute Gasteiger partial charge is 0.157 e. The first-order valence-electron chi connectivity index (χ1n) is 6.12. The third-order valence-corrected chi connectivity index (χ3v) is 4.11. The van der Waals surface area contributed by atoms with Gasteiger partial charge in [0.1, 0.15) is 6.54 Å². The molecule has 3 heteroatoms. The molecule has 0 spiro atoms. The minimum Gasteiger partial charge on any atom is -0.504 e. The summed E-state index contributed by atoms with van der Waals surface area (Å²) < 4.78 is 0. The van der Waals surface area contributed by atoms with Crippen molar-refractivity contribution in [3.05, 3.63) is 23.3 Å². The number of quaternary nitrogens is 1. The van der Waals surface area contributed by atoms with Crippen LogP contribution in [0.15, 0.2) is 12.1 Å². The molecule has 86 valence electrons. The van der Waals surface area contributed by atoms with Crippen LogP contribution in [0.25, 0.3) is 0 Å². The Balaban J connectivity index is 1.84. The van der Waals surface area contributed by atoms with Crippen molar-refractivity contribution in [1.29, 1.82) is 0 Å². The predicted molar refractivity (Wildman–Crippen MR) is 60.6 cm³/mol. The van der Waals surface area contributed by atoms with E-state index in [1.807, 2.05) is 0 Å². The van der Waals surface area contributed by atoms with Gasteiger partial charge < -0.3 is 15.1 Å². The molecule has 1 fully saturated rings. The average molecular weight is 220 g/mol. The van der Waals surface area contributed by atoms with E-state index < -0.39 is 0 Å². The predicted octanol–water partition coefficient (Wildman–Crippen LogP) is 0.591. The zero-order valence-corrected chi connectivity index (χ0v) is 9.37. The van der Waals surface area contributed by atoms with Crippen molar-refractivity contribution < 1.29 is 15.1 Å². The summed E-state index contributed by atoms with van der Waals surface area (Å²) >= 11 is 0. The van der Waals surface area contributed by atoms with Crippen molar-refractivity contribution in [2.75, 3.05) is 6.54 Å². The zero-order valence-electron chi connectivity index (χ0n) is 9.37. The maximum absolute atomic E-state index is 9.51. The molecular formula is C13H18NO2+. The molecule has 1 saturated carbocycles. The minimum atomic E-state index is 0.0193. The Hall–Kier alpha value is -1.22. The second kappa shape index (κ2) is 3.67. The molecular weight excluding hydrogens is 202 g/mol. The fourth-order valence-corrected chi connectivity index (χ4v) is 2.85. The lowest BCUT2D eigenvalue weighted by atomic mass is 9.88. The van der Waals surface area contributed by atoms with Crippen molar-refractivity contribution in [2.45, 2.75) is 38.3 Å². The minimum absolute atomic E-state index is 0.0193. The molecule has 0 aromatic heterocycles. The number of hydrogen-bond acceptors (Lipinski definition) is 2. The molecule has 3 rings (SSSR count). The van der Waals surface area contributed by atoms with Crippen LogP contribution in [0.1, 0.15) is 30.4 Å². The number of benzene rings is 1. The summed E-state index contributed by atoms with van der Waals surface area (Å²) in [7, 11) is 0. The highest BCUT2D eigenvalue weighted by molar-refractivity contribution is 5.45. The van der Waals surface area contributed by atoms with Gasteiger partial charge in [-0.25, -0.2) is 0 Å². The van der Waals surface area contributed by atoms with Crippen LogP contribution in [0, 0.1) is 0 Å². The second-order valence-corrected chi connectivity index (χ2v) is 5.07. The number of hydrogen-bond donors (Lipinski definition) is 3. The summed E-state index contributed by atoms with van der Waals surface area (Å²) in [5, 5.41) is 19.0. The number of nitrogens with one attached hydrogen (secondary N) is 1. The van der Waals surface area contributed by atoms with E-state index in [2.05, 4.69) is 0 Å². The van der Waals surface area contributed by atoms with Gasteiger partial charge in [0.2, 0.25) is 0 Å². The van der Waals surface area contributed by atoms with Crippen molar-refractivity contribution in [3.8, 4) is 11.5 Å². The molecule has 1 aliphatic carbocycles. The summed E-state index contributed by atoms with van der Waals surface area (Å²) in [6.45, 7) is 2.18. The van der Waals surface area contributed by atoms with Gasteiger partial charge in [-0.3, -0.25) is 0 Å². The van der Waals surface area contributed by atoms with Gasteiger partial charge in [-0.1, -0.05) is 0 Å². The van der Waals surface area contributed by atoms with Crippen molar-refractivity contribution in [1.82, 2.24) is 0 Å². The van der Waals surface area contributed by atoms with E-state index in [1.165, 1.54) is 36.9 Å². The molecule has 16 heavy (non-hydrogen) atoms. The molecule has 1 heterocycles. The van der Waals surface area contributed by atoms with Crippen LogP contribution in [-0.4, -0.2) is 22.8 Å². The number of phenols is 2. The number of rotatable bonds is 1. The SMILES string of the molecule is Oc1cc2c(cc1O)C[NH+](C1CCC1)CC2. The summed E-state index contributed by atoms with van der Waals surface area (Å²) in [6, 6.07) is 4.30. The van der Waals surface area contributed by atoms with Gasteiger partial charge in [-0.05, 0) is 37.0 Å². The molecule has 1 unspecified atom stereocenters. The number of phenolic OH excluding ortho intramolecular Hbond substituents is 2. The molecule has 1 aromatic rings. The van der Waals surface area contributed by atoms with Gasteiger partial charge in [0.25, 0.3) is 0 Å². The Kier molecular flexibility index (Phi) is 2.28. The Morgan fingerprint density at radius 3 is 2.38 bits per heavy atom. The fraction of sp³-hybridized carbons (Fsp3) is 0.538. The summed E-state index contributed by atoms with van der Waals surface area (Å²) in [5.74, 6) is 0.0412. The van der Waals surface area contributed by atoms with Gasteiger partial charge in [0.05, 0.1) is 12.6 Å². The van der Waals surface area contributed by atoms with Crippen LogP contribution in [0.5, 0.6) is 11.5 Å². The summed E-state index contributed by atoms with van der Waals surface area (Å²) in [5.41, 5.74) is 2.42. The quantitative estimate of drug-likeness (QED) is 0.607. The Morgan fingerprint density at radius 1 is 1.06 bits per heavy atom. The fourth-order valence-electron chi connectivity index (χ4n) is 2.85. The van der Waals surface area contributed by atoms with Crippen LogP contribution < -0.4 is 4.90 Å². The first-order chi connectivity index (χ1) is 7.74. The van der Waals surface area contributed by atoms with E-state index in [4.69, 9.17) is 0 Å². The molecule has 1 atom stereocenters. The van der Waals surface area contributed by atoms with Gasteiger partial charge >= 0.3 is 0 Å². The monoisotopic (exact) mass is 220 g/mol. The highest BCUT2D eigenvalue weighted by Gasteiger charge is 2.31. The van der Waals surface area contributed by atoms with Crippen LogP contribution in [0.2, 0.25) is 0 Å². The molecule has 0 radical (unpaired) electrons. The molecule has 1 aromatic carbocycles. The van der Waals surface area contributed by atoms with E-state index in [-0.39, 0.29) is 11.5 Å². The molecule has 0 amide bonds. The maximum atomic E-state index is 9.51.